The van der Waals surface area contributed by atoms with Crippen molar-refractivity contribution in [3.63, 3.8) is 0 Å². The molecule has 0 heterocycles. The summed E-state index contributed by atoms with van der Waals surface area (Å²) in [6.07, 6.45) is 2.22. The van der Waals surface area contributed by atoms with Crippen LogP contribution in [-0.2, 0) is 16.1 Å². The number of amides is 1. The van der Waals surface area contributed by atoms with Gasteiger partial charge < -0.3 is 20.1 Å². The fourth-order valence-corrected chi connectivity index (χ4v) is 2.94. The van der Waals surface area contributed by atoms with Gasteiger partial charge in [0.25, 0.3) is 0 Å². The van der Waals surface area contributed by atoms with Gasteiger partial charge in [-0.15, -0.1) is 0 Å². The molecule has 0 spiro atoms. The van der Waals surface area contributed by atoms with Crippen molar-refractivity contribution in [1.82, 2.24) is 4.90 Å². The fourth-order valence-electron chi connectivity index (χ4n) is 2.53. The Hall–Kier alpha value is -1.11. The lowest BCUT2D eigenvalue weighted by molar-refractivity contribution is -0.134. The van der Waals surface area contributed by atoms with Crippen LogP contribution < -0.4 is 10.5 Å². The molecule has 2 rings (SSSR count). The van der Waals surface area contributed by atoms with E-state index in [1.54, 1.807) is 7.11 Å². The highest BCUT2D eigenvalue weighted by atomic mass is 79.9. The van der Waals surface area contributed by atoms with Gasteiger partial charge >= 0.3 is 0 Å². The highest BCUT2D eigenvalue weighted by Gasteiger charge is 2.33. The van der Waals surface area contributed by atoms with Crippen LogP contribution in [0.3, 0.4) is 0 Å². The quantitative estimate of drug-likeness (QED) is 0.710. The summed E-state index contributed by atoms with van der Waals surface area (Å²) in [4.78, 5) is 14.6. The Morgan fingerprint density at radius 3 is 2.78 bits per heavy atom. The van der Waals surface area contributed by atoms with E-state index < -0.39 is 0 Å². The molecule has 23 heavy (non-hydrogen) atoms. The Balaban J connectivity index is 2.13. The topological polar surface area (TPSA) is 64.8 Å². The van der Waals surface area contributed by atoms with Crippen molar-refractivity contribution >= 4 is 21.8 Å². The highest BCUT2D eigenvalue weighted by molar-refractivity contribution is 9.10. The number of rotatable bonds is 9. The van der Waals surface area contributed by atoms with Crippen LogP contribution in [0, 0.1) is 0 Å². The molecule has 1 aromatic rings. The first-order chi connectivity index (χ1) is 11.1. The van der Waals surface area contributed by atoms with Crippen molar-refractivity contribution in [3.05, 3.63) is 28.2 Å². The number of ether oxygens (including phenoxy) is 2. The van der Waals surface area contributed by atoms with Crippen LogP contribution in [0.2, 0.25) is 0 Å². The molecule has 0 aliphatic heterocycles. The Morgan fingerprint density at radius 2 is 2.22 bits per heavy atom. The summed E-state index contributed by atoms with van der Waals surface area (Å²) in [5, 5.41) is 0. The van der Waals surface area contributed by atoms with Crippen LogP contribution in [-0.4, -0.2) is 43.2 Å². The minimum atomic E-state index is -0.224. The molecule has 1 amide bonds. The average molecular weight is 385 g/mol. The van der Waals surface area contributed by atoms with Crippen LogP contribution in [0.25, 0.3) is 0 Å². The number of carbonyl (C=O) groups excluding carboxylic acids is 1. The molecule has 0 saturated heterocycles. The Bertz CT molecular complexity index is 531. The smallest absolute Gasteiger partial charge is 0.225 e. The minimum absolute atomic E-state index is 0.0900. The first-order valence-electron chi connectivity index (χ1n) is 8.02. The molecule has 5 nitrogen and oxygen atoms in total. The number of hydrogen-bond donors (Lipinski definition) is 1. The van der Waals surface area contributed by atoms with Gasteiger partial charge in [-0.05, 0) is 38.0 Å². The Labute approximate surface area is 146 Å². The Kier molecular flexibility index (Phi) is 6.87. The molecule has 1 atom stereocenters. The van der Waals surface area contributed by atoms with E-state index in [4.69, 9.17) is 15.2 Å². The van der Waals surface area contributed by atoms with Gasteiger partial charge in [0.1, 0.15) is 5.75 Å². The van der Waals surface area contributed by atoms with Gasteiger partial charge in [0.2, 0.25) is 5.91 Å². The lowest BCUT2D eigenvalue weighted by atomic mass is 10.1. The van der Waals surface area contributed by atoms with Crippen molar-refractivity contribution in [3.8, 4) is 5.75 Å². The summed E-state index contributed by atoms with van der Waals surface area (Å²) in [5.74, 6) is 0.920. The summed E-state index contributed by atoms with van der Waals surface area (Å²) in [6, 6.07) is 6.24. The molecule has 0 radical (unpaired) electrons. The number of nitrogens with two attached hydrogens (primary N) is 1. The van der Waals surface area contributed by atoms with Crippen LogP contribution in [0.15, 0.2) is 22.7 Å². The van der Waals surface area contributed by atoms with Gasteiger partial charge in [-0.1, -0.05) is 15.9 Å². The molecule has 1 aliphatic carbocycles. The summed E-state index contributed by atoms with van der Waals surface area (Å²) in [5.41, 5.74) is 6.65. The molecular weight excluding hydrogens is 360 g/mol. The number of benzene rings is 1. The molecule has 0 bridgehead atoms. The van der Waals surface area contributed by atoms with E-state index in [0.29, 0.717) is 32.2 Å². The molecule has 1 saturated carbocycles. The van der Waals surface area contributed by atoms with Crippen molar-refractivity contribution in [2.24, 2.45) is 5.73 Å². The SMILES string of the molecule is CCOc1ccc(Br)cc1CN(C(=O)CC(CN)OC)C1CC1. The van der Waals surface area contributed by atoms with Crippen LogP contribution in [0.5, 0.6) is 5.75 Å². The summed E-state index contributed by atoms with van der Waals surface area (Å²) >= 11 is 3.49. The third-order valence-corrected chi connectivity index (χ3v) is 4.46. The zero-order chi connectivity index (χ0) is 16.8. The van der Waals surface area contributed by atoms with Gasteiger partial charge in [-0.25, -0.2) is 0 Å². The number of hydrogen-bond acceptors (Lipinski definition) is 4. The van der Waals surface area contributed by atoms with Crippen molar-refractivity contribution in [2.75, 3.05) is 20.3 Å². The standard InChI is InChI=1S/C17H25BrN2O3/c1-3-23-16-7-4-13(18)8-12(16)11-20(14-5-6-14)17(21)9-15(10-19)22-2/h4,7-8,14-15H,3,5-6,9-11,19H2,1-2H3. The second-order valence-corrected chi connectivity index (χ2v) is 6.65. The Morgan fingerprint density at radius 1 is 1.48 bits per heavy atom. The average Bonchev–Trinajstić information content (AvgIpc) is 3.37. The second-order valence-electron chi connectivity index (χ2n) is 5.74. The van der Waals surface area contributed by atoms with Crippen molar-refractivity contribution in [2.45, 2.75) is 44.9 Å². The van der Waals surface area contributed by atoms with E-state index in [9.17, 15) is 4.79 Å². The van der Waals surface area contributed by atoms with Gasteiger partial charge in [0.15, 0.2) is 0 Å². The lowest BCUT2D eigenvalue weighted by Gasteiger charge is -2.25. The molecule has 128 valence electrons. The molecular formula is C17H25BrN2O3. The zero-order valence-electron chi connectivity index (χ0n) is 13.8. The normalized spacial score (nSPS) is 15.3. The lowest BCUT2D eigenvalue weighted by Crippen LogP contribution is -2.37. The zero-order valence-corrected chi connectivity index (χ0v) is 15.3. The molecule has 1 fully saturated rings. The largest absolute Gasteiger partial charge is 0.494 e. The van der Waals surface area contributed by atoms with E-state index in [1.807, 2.05) is 30.0 Å². The van der Waals surface area contributed by atoms with Crippen LogP contribution in [0.1, 0.15) is 31.7 Å². The molecule has 1 aromatic carbocycles. The van der Waals surface area contributed by atoms with Crippen molar-refractivity contribution in [1.29, 1.82) is 0 Å². The van der Waals surface area contributed by atoms with Gasteiger partial charge in [0, 0.05) is 36.3 Å². The summed E-state index contributed by atoms with van der Waals surface area (Å²) < 4.78 is 11.9. The fraction of sp³-hybridized carbons (Fsp3) is 0.588. The first kappa shape index (κ1) is 18.2. The molecule has 6 heteroatoms. The predicted molar refractivity (Wildman–Crippen MR) is 93.4 cm³/mol. The van der Waals surface area contributed by atoms with E-state index in [-0.39, 0.29) is 12.0 Å². The summed E-state index contributed by atoms with van der Waals surface area (Å²) in [6.45, 7) is 3.46. The maximum Gasteiger partial charge on any atom is 0.225 e. The number of halogens is 1. The molecule has 0 aromatic heterocycles. The second kappa shape index (κ2) is 8.66. The van der Waals surface area contributed by atoms with E-state index in [2.05, 4.69) is 15.9 Å². The highest BCUT2D eigenvalue weighted by Crippen LogP contribution is 2.32. The van der Waals surface area contributed by atoms with E-state index >= 15 is 0 Å². The van der Waals surface area contributed by atoms with Gasteiger partial charge in [0.05, 0.1) is 19.1 Å². The minimum Gasteiger partial charge on any atom is -0.494 e. The number of nitrogens with zero attached hydrogens (tertiary/aromatic N) is 1. The van der Waals surface area contributed by atoms with E-state index in [0.717, 1.165) is 28.6 Å². The maximum absolute atomic E-state index is 12.6. The first-order valence-corrected chi connectivity index (χ1v) is 8.81. The van der Waals surface area contributed by atoms with Gasteiger partial charge in [-0.2, -0.15) is 0 Å². The van der Waals surface area contributed by atoms with Crippen LogP contribution in [0.4, 0.5) is 0 Å². The van der Waals surface area contributed by atoms with Crippen LogP contribution >= 0.6 is 15.9 Å². The molecule has 1 unspecified atom stereocenters. The summed E-state index contributed by atoms with van der Waals surface area (Å²) in [7, 11) is 1.59. The predicted octanol–water partition coefficient (Wildman–Crippen LogP) is 2.70. The number of carbonyl (C=O) groups is 1. The van der Waals surface area contributed by atoms with E-state index in [1.165, 1.54) is 0 Å². The third-order valence-electron chi connectivity index (χ3n) is 3.97. The number of methoxy groups -OCH3 is 1. The molecule has 1 aliphatic rings. The van der Waals surface area contributed by atoms with Gasteiger partial charge in [-0.3, -0.25) is 4.79 Å². The monoisotopic (exact) mass is 384 g/mol. The third kappa shape index (κ3) is 5.19. The maximum atomic E-state index is 12.6. The van der Waals surface area contributed by atoms with Crippen molar-refractivity contribution < 1.29 is 14.3 Å². The molecule has 2 N–H and O–H groups in total.